The topological polar surface area (TPSA) is 56.4 Å². The lowest BCUT2D eigenvalue weighted by Gasteiger charge is -2.30. The maximum absolute atomic E-state index is 12.0. The number of likely N-dealkylation sites (N-methyl/N-ethyl adjacent to an activating group) is 1. The second-order valence-electron chi connectivity index (χ2n) is 5.68. The fraction of sp³-hybridized carbons (Fsp3) is 0.467. The van der Waals surface area contributed by atoms with Crippen molar-refractivity contribution in [1.82, 2.24) is 15.1 Å². The lowest BCUT2D eigenvalue weighted by molar-refractivity contribution is -0.678. The molecule has 0 radical (unpaired) electrons. The van der Waals surface area contributed by atoms with Gasteiger partial charge in [0.1, 0.15) is 0 Å². The van der Waals surface area contributed by atoms with Crippen LogP contribution in [-0.4, -0.2) is 48.3 Å². The molecule has 0 spiro atoms. The van der Waals surface area contributed by atoms with Gasteiger partial charge in [-0.2, -0.15) is 0 Å². The normalized spacial score (nSPS) is 17.2. The van der Waals surface area contributed by atoms with Crippen LogP contribution in [0.3, 0.4) is 0 Å². The van der Waals surface area contributed by atoms with Crippen molar-refractivity contribution in [2.24, 2.45) is 0 Å². The summed E-state index contributed by atoms with van der Waals surface area (Å²) in [5.74, 6) is 0. The Morgan fingerprint density at radius 1 is 1.19 bits per heavy atom. The van der Waals surface area contributed by atoms with E-state index in [1.54, 1.807) is 4.68 Å². The van der Waals surface area contributed by atoms with Crippen molar-refractivity contribution in [2.45, 2.75) is 13.5 Å². The van der Waals surface area contributed by atoms with Gasteiger partial charge in [-0.3, -0.25) is 9.42 Å². The molecule has 1 aromatic carbocycles. The molecule has 0 atom stereocenters. The molecule has 112 valence electrons. The molecule has 1 fully saturated rings. The SMILES string of the molecule is Cc1ccc(-[n+]2[nH]oc(=O)c2CN2CCN(C)CC2)cc1. The molecule has 1 aromatic heterocycles. The molecule has 21 heavy (non-hydrogen) atoms. The van der Waals surface area contributed by atoms with Crippen LogP contribution < -0.4 is 10.3 Å². The Balaban J connectivity index is 1.84. The molecule has 0 aliphatic carbocycles. The molecule has 0 saturated carbocycles. The second-order valence-corrected chi connectivity index (χ2v) is 5.68. The first-order valence-corrected chi connectivity index (χ1v) is 7.24. The Morgan fingerprint density at radius 3 is 2.52 bits per heavy atom. The molecule has 1 N–H and O–H groups in total. The van der Waals surface area contributed by atoms with E-state index < -0.39 is 0 Å². The van der Waals surface area contributed by atoms with Gasteiger partial charge in [0.05, 0.1) is 6.54 Å². The molecule has 6 nitrogen and oxygen atoms in total. The van der Waals surface area contributed by atoms with Crippen LogP contribution in [0, 0.1) is 6.92 Å². The lowest BCUT2D eigenvalue weighted by atomic mass is 10.2. The Hall–Kier alpha value is -1.92. The van der Waals surface area contributed by atoms with Crippen molar-refractivity contribution in [2.75, 3.05) is 33.2 Å². The number of aryl methyl sites for hydroxylation is 1. The molecule has 0 bridgehead atoms. The smallest absolute Gasteiger partial charge is 0.304 e. The number of piperazine rings is 1. The molecule has 0 unspecified atom stereocenters. The van der Waals surface area contributed by atoms with E-state index in [4.69, 9.17) is 4.52 Å². The molecular formula is C15H21N4O2+. The van der Waals surface area contributed by atoms with Gasteiger partial charge >= 0.3 is 11.3 Å². The average Bonchev–Trinajstić information content (AvgIpc) is 2.84. The summed E-state index contributed by atoms with van der Waals surface area (Å²) in [6, 6.07) is 8.00. The van der Waals surface area contributed by atoms with Crippen LogP contribution in [0.25, 0.3) is 5.69 Å². The number of H-pyrrole nitrogens is 1. The van der Waals surface area contributed by atoms with Crippen LogP contribution in [0.5, 0.6) is 0 Å². The molecule has 1 aliphatic heterocycles. The highest BCUT2D eigenvalue weighted by Gasteiger charge is 2.26. The van der Waals surface area contributed by atoms with Gasteiger partial charge in [-0.15, -0.1) is 0 Å². The van der Waals surface area contributed by atoms with E-state index in [1.807, 2.05) is 31.2 Å². The summed E-state index contributed by atoms with van der Waals surface area (Å²) in [5, 5.41) is 2.70. The minimum absolute atomic E-state index is 0.297. The zero-order valence-corrected chi connectivity index (χ0v) is 12.5. The van der Waals surface area contributed by atoms with Gasteiger partial charge in [-0.1, -0.05) is 17.7 Å². The summed E-state index contributed by atoms with van der Waals surface area (Å²) in [6.45, 7) is 6.63. The first-order valence-electron chi connectivity index (χ1n) is 7.24. The van der Waals surface area contributed by atoms with Crippen LogP contribution >= 0.6 is 0 Å². The van der Waals surface area contributed by atoms with Gasteiger partial charge in [0.15, 0.2) is 0 Å². The van der Waals surface area contributed by atoms with Crippen LogP contribution in [-0.2, 0) is 6.54 Å². The van der Waals surface area contributed by atoms with E-state index in [1.165, 1.54) is 5.56 Å². The number of hydrogen-bond acceptors (Lipinski definition) is 4. The second kappa shape index (κ2) is 5.83. The van der Waals surface area contributed by atoms with Crippen molar-refractivity contribution < 1.29 is 9.20 Å². The van der Waals surface area contributed by atoms with E-state index in [-0.39, 0.29) is 5.63 Å². The van der Waals surface area contributed by atoms with Crippen molar-refractivity contribution >= 4 is 0 Å². The monoisotopic (exact) mass is 289 g/mol. The summed E-state index contributed by atoms with van der Waals surface area (Å²) in [6.07, 6.45) is 0. The maximum atomic E-state index is 12.0. The number of hydrogen-bond donors (Lipinski definition) is 1. The number of nitrogens with one attached hydrogen (secondary N) is 1. The van der Waals surface area contributed by atoms with Crippen LogP contribution in [0.1, 0.15) is 11.3 Å². The number of rotatable bonds is 3. The Kier molecular flexibility index (Phi) is 3.90. The standard InChI is InChI=1S/C15H20N4O2/c1-12-3-5-13(6-4-12)19-14(15(20)21-16-19)11-18-9-7-17(2)8-10-18/h3-6H,7-11H2,1-2H3/p+1. The zero-order chi connectivity index (χ0) is 14.8. The first kappa shape index (κ1) is 14.0. The highest BCUT2D eigenvalue weighted by molar-refractivity contribution is 5.26. The molecule has 3 rings (SSSR count). The minimum atomic E-state index is -0.297. The third kappa shape index (κ3) is 3.06. The van der Waals surface area contributed by atoms with Gasteiger partial charge < -0.3 is 4.90 Å². The fourth-order valence-electron chi connectivity index (χ4n) is 2.55. The predicted octanol–water partition coefficient (Wildman–Crippen LogP) is 0.300. The Morgan fingerprint density at radius 2 is 1.86 bits per heavy atom. The predicted molar refractivity (Wildman–Crippen MR) is 78.4 cm³/mol. The van der Waals surface area contributed by atoms with Crippen molar-refractivity contribution in [1.29, 1.82) is 0 Å². The van der Waals surface area contributed by atoms with E-state index >= 15 is 0 Å². The quantitative estimate of drug-likeness (QED) is 0.826. The van der Waals surface area contributed by atoms with E-state index in [2.05, 4.69) is 22.1 Å². The number of aromatic nitrogens is 2. The summed E-state index contributed by atoms with van der Waals surface area (Å²) < 4.78 is 6.72. The van der Waals surface area contributed by atoms with Gasteiger partial charge in [0, 0.05) is 38.3 Å². The Bertz CT molecular complexity index is 651. The molecule has 0 amide bonds. The molecule has 1 aliphatic rings. The number of benzene rings is 1. The largest absolute Gasteiger partial charge is 0.431 e. The van der Waals surface area contributed by atoms with E-state index in [9.17, 15) is 4.79 Å². The van der Waals surface area contributed by atoms with Crippen LogP contribution in [0.15, 0.2) is 33.6 Å². The van der Waals surface area contributed by atoms with E-state index in [0.717, 1.165) is 31.9 Å². The van der Waals surface area contributed by atoms with Crippen LogP contribution in [0.4, 0.5) is 0 Å². The zero-order valence-electron chi connectivity index (χ0n) is 12.5. The van der Waals surface area contributed by atoms with Gasteiger partial charge in [-0.25, -0.2) is 4.79 Å². The van der Waals surface area contributed by atoms with Gasteiger partial charge in [-0.05, 0) is 23.9 Å². The summed E-state index contributed by atoms with van der Waals surface area (Å²) >= 11 is 0. The maximum Gasteiger partial charge on any atom is 0.431 e. The fourth-order valence-corrected chi connectivity index (χ4v) is 2.55. The van der Waals surface area contributed by atoms with Gasteiger partial charge in [0.2, 0.25) is 5.69 Å². The molecule has 2 heterocycles. The molecule has 1 saturated heterocycles. The minimum Gasteiger partial charge on any atom is -0.304 e. The van der Waals surface area contributed by atoms with E-state index in [0.29, 0.717) is 12.2 Å². The lowest BCUT2D eigenvalue weighted by Crippen LogP contribution is -2.47. The third-order valence-electron chi connectivity index (χ3n) is 4.00. The molecule has 2 aromatic rings. The molecule has 6 heteroatoms. The first-order chi connectivity index (χ1) is 10.1. The summed E-state index contributed by atoms with van der Waals surface area (Å²) in [5.41, 5.74) is 2.44. The molecular weight excluding hydrogens is 268 g/mol. The highest BCUT2D eigenvalue weighted by Crippen LogP contribution is 2.06. The average molecular weight is 289 g/mol. The number of nitrogens with zero attached hydrogens (tertiary/aromatic N) is 3. The number of aromatic amines is 1. The van der Waals surface area contributed by atoms with Gasteiger partial charge in [0.25, 0.3) is 0 Å². The summed E-state index contributed by atoms with van der Waals surface area (Å²) in [4.78, 5) is 16.5. The van der Waals surface area contributed by atoms with Crippen molar-refractivity contribution in [3.8, 4) is 5.69 Å². The van der Waals surface area contributed by atoms with Crippen LogP contribution in [0.2, 0.25) is 0 Å². The summed E-state index contributed by atoms with van der Waals surface area (Å²) in [7, 11) is 2.12. The van der Waals surface area contributed by atoms with Crippen molar-refractivity contribution in [3.05, 3.63) is 45.9 Å². The highest BCUT2D eigenvalue weighted by atomic mass is 16.5. The third-order valence-corrected chi connectivity index (χ3v) is 4.00. The Labute approximate surface area is 123 Å². The van der Waals surface area contributed by atoms with Crippen molar-refractivity contribution in [3.63, 3.8) is 0 Å².